The van der Waals surface area contributed by atoms with Crippen LogP contribution in [0.2, 0.25) is 0 Å². The average molecular weight is 222 g/mol. The van der Waals surface area contributed by atoms with E-state index in [-0.39, 0.29) is 5.41 Å². The Morgan fingerprint density at radius 1 is 1.38 bits per heavy atom. The maximum atomic E-state index is 13.5. The molecule has 2 rings (SSSR count). The third kappa shape index (κ3) is 2.77. The van der Waals surface area contributed by atoms with Gasteiger partial charge in [0.05, 0.1) is 17.6 Å². The molecule has 1 heterocycles. The summed E-state index contributed by atoms with van der Waals surface area (Å²) in [6, 6.07) is 0. The minimum absolute atomic E-state index is 0.0605. The van der Waals surface area contributed by atoms with Crippen molar-refractivity contribution in [2.45, 2.75) is 51.9 Å². The highest BCUT2D eigenvalue weighted by Crippen LogP contribution is 2.33. The first-order valence-corrected chi connectivity index (χ1v) is 5.98. The summed E-state index contributed by atoms with van der Waals surface area (Å²) in [5, 5.41) is 0. The predicted octanol–water partition coefficient (Wildman–Crippen LogP) is 3.26. The molecule has 1 aliphatic carbocycles. The molecule has 1 aromatic rings. The molecule has 0 aromatic carbocycles. The van der Waals surface area contributed by atoms with Gasteiger partial charge in [-0.2, -0.15) is 4.39 Å². The topological polar surface area (TPSA) is 25.8 Å². The van der Waals surface area contributed by atoms with Crippen molar-refractivity contribution in [2.24, 2.45) is 5.92 Å². The van der Waals surface area contributed by atoms with Gasteiger partial charge in [-0.05, 0) is 18.8 Å². The summed E-state index contributed by atoms with van der Waals surface area (Å²) in [6.07, 6.45) is 5.94. The van der Waals surface area contributed by atoms with Gasteiger partial charge in [0.1, 0.15) is 0 Å². The predicted molar refractivity (Wildman–Crippen MR) is 61.7 cm³/mol. The van der Waals surface area contributed by atoms with Crippen LogP contribution in [0.3, 0.4) is 0 Å². The fourth-order valence-corrected chi connectivity index (χ4v) is 1.68. The van der Waals surface area contributed by atoms with E-state index < -0.39 is 5.95 Å². The molecule has 0 atom stereocenters. The molecule has 0 bridgehead atoms. The molecule has 0 radical (unpaired) electrons. The molecule has 1 aliphatic rings. The van der Waals surface area contributed by atoms with Gasteiger partial charge in [0, 0.05) is 5.41 Å². The van der Waals surface area contributed by atoms with Gasteiger partial charge in [-0.15, -0.1) is 0 Å². The van der Waals surface area contributed by atoms with E-state index in [9.17, 15) is 4.39 Å². The average Bonchev–Trinajstić information content (AvgIpc) is 2.98. The van der Waals surface area contributed by atoms with Crippen molar-refractivity contribution < 1.29 is 4.39 Å². The van der Waals surface area contributed by atoms with Crippen molar-refractivity contribution in [1.82, 2.24) is 9.97 Å². The van der Waals surface area contributed by atoms with Crippen molar-refractivity contribution in [3.8, 4) is 0 Å². The third-order valence-electron chi connectivity index (χ3n) is 3.05. The number of aromatic nitrogens is 2. The zero-order valence-corrected chi connectivity index (χ0v) is 10.3. The van der Waals surface area contributed by atoms with Gasteiger partial charge >= 0.3 is 0 Å². The van der Waals surface area contributed by atoms with Crippen molar-refractivity contribution in [3.63, 3.8) is 0 Å². The molecule has 0 unspecified atom stereocenters. The molecule has 1 saturated carbocycles. The van der Waals surface area contributed by atoms with E-state index >= 15 is 0 Å². The lowest BCUT2D eigenvalue weighted by Crippen LogP contribution is -2.16. The Morgan fingerprint density at radius 3 is 2.62 bits per heavy atom. The van der Waals surface area contributed by atoms with Gasteiger partial charge in [0.2, 0.25) is 5.95 Å². The lowest BCUT2D eigenvalue weighted by atomic mass is 9.92. The summed E-state index contributed by atoms with van der Waals surface area (Å²) in [5.41, 5.74) is 1.36. The summed E-state index contributed by atoms with van der Waals surface area (Å²) < 4.78 is 13.5. The maximum Gasteiger partial charge on any atom is 0.234 e. The molecule has 3 heteroatoms. The van der Waals surface area contributed by atoms with E-state index in [2.05, 4.69) is 30.7 Å². The first kappa shape index (κ1) is 11.5. The molecule has 0 amide bonds. The van der Waals surface area contributed by atoms with Crippen molar-refractivity contribution in [3.05, 3.63) is 23.5 Å². The first-order chi connectivity index (χ1) is 7.47. The maximum absolute atomic E-state index is 13.5. The van der Waals surface area contributed by atoms with Crippen LogP contribution < -0.4 is 0 Å². The van der Waals surface area contributed by atoms with Crippen molar-refractivity contribution >= 4 is 0 Å². The summed E-state index contributed by atoms with van der Waals surface area (Å²) in [6.45, 7) is 6.21. The van der Waals surface area contributed by atoms with E-state index in [0.29, 0.717) is 5.69 Å². The van der Waals surface area contributed by atoms with E-state index in [4.69, 9.17) is 0 Å². The van der Waals surface area contributed by atoms with Crippen LogP contribution >= 0.6 is 0 Å². The van der Waals surface area contributed by atoms with Crippen LogP contribution in [-0.4, -0.2) is 9.97 Å². The highest BCUT2D eigenvalue weighted by Gasteiger charge is 2.23. The van der Waals surface area contributed by atoms with Crippen LogP contribution in [0.4, 0.5) is 4.39 Å². The molecule has 1 aromatic heterocycles. The minimum Gasteiger partial charge on any atom is -0.251 e. The second-order valence-corrected chi connectivity index (χ2v) is 5.72. The number of rotatable bonds is 3. The number of hydrogen-bond acceptors (Lipinski definition) is 2. The summed E-state index contributed by atoms with van der Waals surface area (Å²) in [5.74, 6) is 0.410. The Bertz CT molecular complexity index is 378. The summed E-state index contributed by atoms with van der Waals surface area (Å²) in [4.78, 5) is 8.22. The number of aryl methyl sites for hydroxylation is 1. The lowest BCUT2D eigenvalue weighted by molar-refractivity contribution is 0.513. The van der Waals surface area contributed by atoms with Crippen LogP contribution in [0.15, 0.2) is 6.20 Å². The van der Waals surface area contributed by atoms with Gasteiger partial charge in [-0.3, -0.25) is 4.98 Å². The van der Waals surface area contributed by atoms with Crippen LogP contribution in [0.25, 0.3) is 0 Å². The highest BCUT2D eigenvalue weighted by atomic mass is 19.1. The van der Waals surface area contributed by atoms with Crippen LogP contribution in [0.5, 0.6) is 0 Å². The van der Waals surface area contributed by atoms with E-state index in [1.54, 1.807) is 6.20 Å². The minimum atomic E-state index is -0.395. The standard InChI is InChI=1S/C13H19FN2/c1-13(2,3)11-8-15-12(14)10(16-11)7-6-9-4-5-9/h8-9H,4-7H2,1-3H3. The molecular formula is C13H19FN2. The third-order valence-corrected chi connectivity index (χ3v) is 3.05. The van der Waals surface area contributed by atoms with Crippen molar-refractivity contribution in [2.75, 3.05) is 0 Å². The van der Waals surface area contributed by atoms with E-state index in [1.807, 2.05) is 0 Å². The van der Waals surface area contributed by atoms with Gasteiger partial charge < -0.3 is 0 Å². The Labute approximate surface area is 96.3 Å². The largest absolute Gasteiger partial charge is 0.251 e. The van der Waals surface area contributed by atoms with Gasteiger partial charge in [0.25, 0.3) is 0 Å². The zero-order chi connectivity index (χ0) is 11.8. The molecule has 0 saturated heterocycles. The number of hydrogen-bond donors (Lipinski definition) is 0. The molecule has 0 N–H and O–H groups in total. The fraction of sp³-hybridized carbons (Fsp3) is 0.692. The Kier molecular flexibility index (Phi) is 2.96. The normalized spacial score (nSPS) is 16.5. The molecule has 2 nitrogen and oxygen atoms in total. The van der Waals surface area contributed by atoms with E-state index in [1.165, 1.54) is 12.8 Å². The molecule has 16 heavy (non-hydrogen) atoms. The second kappa shape index (κ2) is 4.11. The van der Waals surface area contributed by atoms with Gasteiger partial charge in [0.15, 0.2) is 0 Å². The van der Waals surface area contributed by atoms with E-state index in [0.717, 1.165) is 24.5 Å². The smallest absolute Gasteiger partial charge is 0.234 e. The molecular weight excluding hydrogens is 203 g/mol. The van der Waals surface area contributed by atoms with Crippen LogP contribution in [0, 0.1) is 11.9 Å². The van der Waals surface area contributed by atoms with Crippen molar-refractivity contribution in [1.29, 1.82) is 0 Å². The number of halogens is 1. The zero-order valence-electron chi connectivity index (χ0n) is 10.3. The molecule has 0 spiro atoms. The summed E-state index contributed by atoms with van der Waals surface area (Å²) in [7, 11) is 0. The quantitative estimate of drug-likeness (QED) is 0.784. The van der Waals surface area contributed by atoms with Gasteiger partial charge in [-0.1, -0.05) is 33.6 Å². The molecule has 1 fully saturated rings. The number of nitrogens with zero attached hydrogens (tertiary/aromatic N) is 2. The Balaban J connectivity index is 2.14. The lowest BCUT2D eigenvalue weighted by Gasteiger charge is -2.17. The van der Waals surface area contributed by atoms with Gasteiger partial charge in [-0.25, -0.2) is 4.98 Å². The summed E-state index contributed by atoms with van der Waals surface area (Å²) >= 11 is 0. The fourth-order valence-electron chi connectivity index (χ4n) is 1.68. The monoisotopic (exact) mass is 222 g/mol. The first-order valence-electron chi connectivity index (χ1n) is 5.98. The second-order valence-electron chi connectivity index (χ2n) is 5.72. The highest BCUT2D eigenvalue weighted by molar-refractivity contribution is 5.13. The SMILES string of the molecule is CC(C)(C)c1cnc(F)c(CCC2CC2)n1. The Morgan fingerprint density at radius 2 is 2.06 bits per heavy atom. The molecule has 88 valence electrons. The molecule has 0 aliphatic heterocycles. The van der Waals surface area contributed by atoms with Crippen LogP contribution in [-0.2, 0) is 11.8 Å². The van der Waals surface area contributed by atoms with Crippen LogP contribution in [0.1, 0.15) is 51.4 Å². The Hall–Kier alpha value is -0.990.